The summed E-state index contributed by atoms with van der Waals surface area (Å²) < 4.78 is 1.80. The molecule has 0 atom stereocenters. The fraction of sp³-hybridized carbons (Fsp3) is 0.154. The van der Waals surface area contributed by atoms with Gasteiger partial charge in [0, 0.05) is 5.39 Å². The largest absolute Gasteiger partial charge is 0.298 e. The Hall–Kier alpha value is -2.43. The molecule has 5 nitrogen and oxygen atoms in total. The Labute approximate surface area is 103 Å². The summed E-state index contributed by atoms with van der Waals surface area (Å²) >= 11 is 0. The summed E-state index contributed by atoms with van der Waals surface area (Å²) in [4.78, 5) is 10.9. The third-order valence-electron chi connectivity index (χ3n) is 3.03. The molecule has 2 aromatic heterocycles. The smallest absolute Gasteiger partial charge is 0.153 e. The van der Waals surface area contributed by atoms with Gasteiger partial charge >= 0.3 is 0 Å². The van der Waals surface area contributed by atoms with Gasteiger partial charge in [0.2, 0.25) is 0 Å². The van der Waals surface area contributed by atoms with Gasteiger partial charge in [-0.1, -0.05) is 6.92 Å². The molecule has 0 saturated carbocycles. The van der Waals surface area contributed by atoms with E-state index in [1.807, 2.05) is 25.1 Å². The van der Waals surface area contributed by atoms with Crippen molar-refractivity contribution in [3.63, 3.8) is 0 Å². The van der Waals surface area contributed by atoms with Gasteiger partial charge in [-0.3, -0.25) is 9.89 Å². The number of nitrogens with zero attached hydrogens (tertiary/aromatic N) is 3. The first-order chi connectivity index (χ1) is 8.83. The van der Waals surface area contributed by atoms with Crippen molar-refractivity contribution in [3.05, 3.63) is 41.9 Å². The molecular formula is C13H12N4O. The molecule has 3 aromatic rings. The molecule has 1 N–H and O–H groups in total. The molecule has 3 rings (SSSR count). The van der Waals surface area contributed by atoms with Crippen molar-refractivity contribution in [2.75, 3.05) is 0 Å². The Morgan fingerprint density at radius 1 is 1.39 bits per heavy atom. The van der Waals surface area contributed by atoms with Gasteiger partial charge in [0.05, 0.1) is 34.9 Å². The van der Waals surface area contributed by atoms with Gasteiger partial charge in [0.25, 0.3) is 0 Å². The van der Waals surface area contributed by atoms with Gasteiger partial charge in [0.15, 0.2) is 6.29 Å². The molecular weight excluding hydrogens is 228 g/mol. The van der Waals surface area contributed by atoms with Crippen molar-refractivity contribution in [2.24, 2.45) is 0 Å². The van der Waals surface area contributed by atoms with Crippen molar-refractivity contribution < 1.29 is 4.79 Å². The predicted molar refractivity (Wildman–Crippen MR) is 68.0 cm³/mol. The number of nitrogens with one attached hydrogen (secondary N) is 1. The van der Waals surface area contributed by atoms with E-state index in [4.69, 9.17) is 0 Å². The van der Waals surface area contributed by atoms with E-state index >= 15 is 0 Å². The quantitative estimate of drug-likeness (QED) is 0.713. The molecule has 0 spiro atoms. The molecule has 0 aliphatic carbocycles. The lowest BCUT2D eigenvalue weighted by Gasteiger charge is -2.06. The predicted octanol–water partition coefficient (Wildman–Crippen LogP) is 2.12. The minimum atomic E-state index is 0.643. The van der Waals surface area contributed by atoms with Crippen LogP contribution in [0, 0.1) is 0 Å². The zero-order chi connectivity index (χ0) is 12.5. The van der Waals surface area contributed by atoms with Crippen molar-refractivity contribution in [2.45, 2.75) is 13.3 Å². The third kappa shape index (κ3) is 1.52. The van der Waals surface area contributed by atoms with Gasteiger partial charge in [0.1, 0.15) is 0 Å². The summed E-state index contributed by atoms with van der Waals surface area (Å²) in [7, 11) is 0. The monoisotopic (exact) mass is 240 g/mol. The fourth-order valence-electron chi connectivity index (χ4n) is 2.12. The maximum Gasteiger partial charge on any atom is 0.153 e. The van der Waals surface area contributed by atoms with Crippen LogP contribution in [0.3, 0.4) is 0 Å². The minimum absolute atomic E-state index is 0.643. The van der Waals surface area contributed by atoms with Crippen LogP contribution in [-0.4, -0.2) is 26.3 Å². The molecule has 0 radical (unpaired) electrons. The Bertz CT molecular complexity index is 711. The third-order valence-corrected chi connectivity index (χ3v) is 3.03. The van der Waals surface area contributed by atoms with Crippen LogP contribution in [0.5, 0.6) is 0 Å². The van der Waals surface area contributed by atoms with Crippen LogP contribution in [0.15, 0.2) is 30.6 Å². The number of aromatic amines is 1. The van der Waals surface area contributed by atoms with E-state index < -0.39 is 0 Å². The first kappa shape index (κ1) is 10.7. The van der Waals surface area contributed by atoms with E-state index in [0.29, 0.717) is 5.56 Å². The second-order valence-electron chi connectivity index (χ2n) is 4.07. The number of hydrogen-bond donors (Lipinski definition) is 1. The lowest BCUT2D eigenvalue weighted by atomic mass is 10.2. The van der Waals surface area contributed by atoms with E-state index in [1.54, 1.807) is 17.1 Å². The fourth-order valence-corrected chi connectivity index (χ4v) is 2.12. The number of carbonyl (C=O) groups excluding carboxylic acids is 1. The molecule has 2 heterocycles. The number of rotatable bonds is 3. The molecule has 0 saturated heterocycles. The molecule has 0 unspecified atom stereocenters. The normalized spacial score (nSPS) is 10.9. The second kappa shape index (κ2) is 4.10. The number of H-pyrrole nitrogens is 1. The van der Waals surface area contributed by atoms with E-state index in [0.717, 1.165) is 35.0 Å². The Balaban J connectivity index is 2.18. The highest BCUT2D eigenvalue weighted by atomic mass is 16.1. The van der Waals surface area contributed by atoms with Crippen molar-refractivity contribution >= 4 is 17.2 Å². The van der Waals surface area contributed by atoms with Crippen LogP contribution in [-0.2, 0) is 6.42 Å². The molecule has 90 valence electrons. The molecule has 0 fully saturated rings. The van der Waals surface area contributed by atoms with E-state index in [1.165, 1.54) is 0 Å². The highest BCUT2D eigenvalue weighted by molar-refractivity contribution is 5.80. The lowest BCUT2D eigenvalue weighted by Crippen LogP contribution is -2.02. The van der Waals surface area contributed by atoms with Crippen molar-refractivity contribution in [3.8, 4) is 5.69 Å². The van der Waals surface area contributed by atoms with Gasteiger partial charge in [-0.05, 0) is 24.6 Å². The van der Waals surface area contributed by atoms with E-state index in [2.05, 4.69) is 15.3 Å². The minimum Gasteiger partial charge on any atom is -0.298 e. The van der Waals surface area contributed by atoms with Gasteiger partial charge < -0.3 is 0 Å². The highest BCUT2D eigenvalue weighted by Crippen LogP contribution is 2.19. The van der Waals surface area contributed by atoms with Crippen LogP contribution < -0.4 is 0 Å². The first-order valence-corrected chi connectivity index (χ1v) is 5.79. The van der Waals surface area contributed by atoms with Gasteiger partial charge in [-0.15, -0.1) is 0 Å². The number of aldehydes is 1. The summed E-state index contributed by atoms with van der Waals surface area (Å²) in [6, 6.07) is 5.92. The second-order valence-corrected chi connectivity index (χ2v) is 4.07. The van der Waals surface area contributed by atoms with E-state index in [9.17, 15) is 4.79 Å². The lowest BCUT2D eigenvalue weighted by molar-refractivity contribution is 0.112. The zero-order valence-corrected chi connectivity index (χ0v) is 9.92. The summed E-state index contributed by atoms with van der Waals surface area (Å²) in [5, 5.41) is 12.2. The van der Waals surface area contributed by atoms with Crippen molar-refractivity contribution in [1.29, 1.82) is 0 Å². The van der Waals surface area contributed by atoms with Crippen LogP contribution in [0.4, 0.5) is 0 Å². The number of hydrogen-bond acceptors (Lipinski definition) is 3. The Kier molecular flexibility index (Phi) is 2.44. The molecule has 18 heavy (non-hydrogen) atoms. The van der Waals surface area contributed by atoms with E-state index in [-0.39, 0.29) is 0 Å². The van der Waals surface area contributed by atoms with Crippen LogP contribution in [0.2, 0.25) is 0 Å². The van der Waals surface area contributed by atoms with Gasteiger partial charge in [-0.2, -0.15) is 10.2 Å². The number of benzene rings is 1. The van der Waals surface area contributed by atoms with Crippen LogP contribution in [0.25, 0.3) is 16.6 Å². The molecule has 0 bridgehead atoms. The molecule has 0 aliphatic rings. The van der Waals surface area contributed by atoms with Crippen molar-refractivity contribution in [1.82, 2.24) is 20.0 Å². The summed E-state index contributed by atoms with van der Waals surface area (Å²) in [5.74, 6) is 0. The summed E-state index contributed by atoms with van der Waals surface area (Å²) in [6.07, 6.45) is 4.98. The summed E-state index contributed by atoms with van der Waals surface area (Å²) in [5.41, 5.74) is 3.49. The topological polar surface area (TPSA) is 63.6 Å². The summed E-state index contributed by atoms with van der Waals surface area (Å²) in [6.45, 7) is 2.01. The number of carbonyl (C=O) groups is 1. The maximum absolute atomic E-state index is 10.9. The maximum atomic E-state index is 10.9. The standard InChI is InChI=1S/C13H12N4O/c1-2-13-10(8-18)7-15-17(13)11-3-4-12-9(5-11)6-14-16-12/h3-8H,2H2,1H3,(H,14,16). The molecule has 5 heteroatoms. The molecule has 0 aliphatic heterocycles. The number of fused-ring (bicyclic) bond motifs is 1. The Morgan fingerprint density at radius 2 is 2.28 bits per heavy atom. The first-order valence-electron chi connectivity index (χ1n) is 5.79. The van der Waals surface area contributed by atoms with Crippen LogP contribution >= 0.6 is 0 Å². The van der Waals surface area contributed by atoms with Crippen LogP contribution in [0.1, 0.15) is 23.0 Å². The Morgan fingerprint density at radius 3 is 3.06 bits per heavy atom. The highest BCUT2D eigenvalue weighted by Gasteiger charge is 2.10. The van der Waals surface area contributed by atoms with Gasteiger partial charge in [-0.25, -0.2) is 4.68 Å². The SMILES string of the molecule is CCc1c(C=O)cnn1-c1ccc2[nH]ncc2c1. The molecule has 0 amide bonds. The average Bonchev–Trinajstić information content (AvgIpc) is 3.03. The number of aromatic nitrogens is 4. The zero-order valence-electron chi connectivity index (χ0n) is 9.92. The molecule has 1 aromatic carbocycles. The average molecular weight is 240 g/mol.